The Morgan fingerprint density at radius 1 is 1.25 bits per heavy atom. The first kappa shape index (κ1) is 16.5. The molecule has 4 nitrogen and oxygen atoms in total. The van der Waals surface area contributed by atoms with Crippen LogP contribution in [0.15, 0.2) is 24.3 Å². The van der Waals surface area contributed by atoms with Crippen LogP contribution in [-0.4, -0.2) is 30.3 Å². The number of carboxylic acids is 1. The van der Waals surface area contributed by atoms with Crippen LogP contribution in [0, 0.1) is 5.92 Å². The highest BCUT2D eigenvalue weighted by Gasteiger charge is 2.22. The Morgan fingerprint density at radius 2 is 1.85 bits per heavy atom. The van der Waals surface area contributed by atoms with Gasteiger partial charge < -0.3 is 15.2 Å². The van der Waals surface area contributed by atoms with Gasteiger partial charge in [-0.3, -0.25) is 4.79 Å². The minimum atomic E-state index is -0.781. The average Bonchev–Trinajstić information content (AvgIpc) is 2.42. The standard InChI is InChI=1S/C16H25NO3/c1-11(2)15(16(18)19)17-12(3)5-6-13-7-9-14(20-4)10-8-13/h7-12,15,17H,5-6H2,1-4H3,(H,18,19). The van der Waals surface area contributed by atoms with E-state index in [0.29, 0.717) is 0 Å². The summed E-state index contributed by atoms with van der Waals surface area (Å²) in [6.07, 6.45) is 1.82. The van der Waals surface area contributed by atoms with Crippen molar-refractivity contribution in [3.8, 4) is 5.75 Å². The third kappa shape index (κ3) is 5.21. The number of benzene rings is 1. The van der Waals surface area contributed by atoms with Gasteiger partial charge in [0.15, 0.2) is 0 Å². The number of carbonyl (C=O) groups is 1. The van der Waals surface area contributed by atoms with E-state index in [9.17, 15) is 4.79 Å². The molecule has 1 aromatic carbocycles. The predicted octanol–water partition coefficient (Wildman–Crippen LogP) is 2.72. The molecule has 4 heteroatoms. The van der Waals surface area contributed by atoms with Gasteiger partial charge in [0.1, 0.15) is 11.8 Å². The first-order valence-electron chi connectivity index (χ1n) is 7.05. The van der Waals surface area contributed by atoms with Gasteiger partial charge in [0.2, 0.25) is 0 Å². The largest absolute Gasteiger partial charge is 0.497 e. The normalized spacial score (nSPS) is 14.1. The van der Waals surface area contributed by atoms with Crippen molar-refractivity contribution in [3.05, 3.63) is 29.8 Å². The van der Waals surface area contributed by atoms with Crippen LogP contribution < -0.4 is 10.1 Å². The number of hydrogen-bond acceptors (Lipinski definition) is 3. The monoisotopic (exact) mass is 279 g/mol. The highest BCUT2D eigenvalue weighted by molar-refractivity contribution is 5.73. The van der Waals surface area contributed by atoms with Gasteiger partial charge in [-0.05, 0) is 43.4 Å². The Balaban J connectivity index is 2.45. The van der Waals surface area contributed by atoms with Gasteiger partial charge in [0.05, 0.1) is 7.11 Å². The smallest absolute Gasteiger partial charge is 0.320 e. The first-order chi connectivity index (χ1) is 9.43. The third-order valence-electron chi connectivity index (χ3n) is 3.42. The maximum Gasteiger partial charge on any atom is 0.320 e. The lowest BCUT2D eigenvalue weighted by molar-refractivity contribution is -0.140. The zero-order valence-corrected chi connectivity index (χ0v) is 12.7. The molecule has 1 rings (SSSR count). The molecular formula is C16H25NO3. The van der Waals surface area contributed by atoms with Crippen molar-refractivity contribution in [2.75, 3.05) is 7.11 Å². The Hall–Kier alpha value is -1.55. The molecule has 2 atom stereocenters. The van der Waals surface area contributed by atoms with Crippen LogP contribution in [0.4, 0.5) is 0 Å². The molecule has 0 aliphatic rings. The van der Waals surface area contributed by atoms with Crippen molar-refractivity contribution in [3.63, 3.8) is 0 Å². The molecule has 0 radical (unpaired) electrons. The second kappa shape index (κ2) is 7.90. The number of carboxylic acid groups (broad SMARTS) is 1. The molecule has 2 N–H and O–H groups in total. The first-order valence-corrected chi connectivity index (χ1v) is 7.05. The Labute approximate surface area is 121 Å². The highest BCUT2D eigenvalue weighted by atomic mass is 16.5. The summed E-state index contributed by atoms with van der Waals surface area (Å²) in [7, 11) is 1.65. The second-order valence-corrected chi connectivity index (χ2v) is 5.51. The zero-order valence-electron chi connectivity index (χ0n) is 12.7. The fraction of sp³-hybridized carbons (Fsp3) is 0.562. The lowest BCUT2D eigenvalue weighted by Gasteiger charge is -2.23. The maximum absolute atomic E-state index is 11.1. The van der Waals surface area contributed by atoms with Crippen molar-refractivity contribution in [2.24, 2.45) is 5.92 Å². The van der Waals surface area contributed by atoms with Crippen LogP contribution in [0.5, 0.6) is 5.75 Å². The number of methoxy groups -OCH3 is 1. The topological polar surface area (TPSA) is 58.6 Å². The summed E-state index contributed by atoms with van der Waals surface area (Å²) in [5.41, 5.74) is 1.23. The summed E-state index contributed by atoms with van der Waals surface area (Å²) in [6.45, 7) is 5.87. The number of aryl methyl sites for hydroxylation is 1. The quantitative estimate of drug-likeness (QED) is 0.768. The lowest BCUT2D eigenvalue weighted by Crippen LogP contribution is -2.45. The van der Waals surface area contributed by atoms with E-state index in [-0.39, 0.29) is 12.0 Å². The SMILES string of the molecule is COc1ccc(CCC(C)NC(C(=O)O)C(C)C)cc1. The maximum atomic E-state index is 11.1. The summed E-state index contributed by atoms with van der Waals surface area (Å²) in [5, 5.41) is 12.3. The summed E-state index contributed by atoms with van der Waals surface area (Å²) < 4.78 is 5.12. The molecule has 0 bridgehead atoms. The van der Waals surface area contributed by atoms with Crippen molar-refractivity contribution in [1.29, 1.82) is 0 Å². The van der Waals surface area contributed by atoms with E-state index in [4.69, 9.17) is 9.84 Å². The summed E-state index contributed by atoms with van der Waals surface area (Å²) >= 11 is 0. The lowest BCUT2D eigenvalue weighted by atomic mass is 10.0. The molecule has 0 fully saturated rings. The number of hydrogen-bond donors (Lipinski definition) is 2. The van der Waals surface area contributed by atoms with E-state index in [0.717, 1.165) is 18.6 Å². The zero-order chi connectivity index (χ0) is 15.1. The van der Waals surface area contributed by atoms with E-state index in [2.05, 4.69) is 5.32 Å². The summed E-state index contributed by atoms with van der Waals surface area (Å²) in [5.74, 6) is 0.151. The molecule has 0 aliphatic heterocycles. The molecule has 0 spiro atoms. The number of nitrogens with one attached hydrogen (secondary N) is 1. The van der Waals surface area contributed by atoms with Crippen molar-refractivity contribution in [2.45, 2.75) is 45.7 Å². The summed E-state index contributed by atoms with van der Waals surface area (Å²) in [4.78, 5) is 11.1. The average molecular weight is 279 g/mol. The number of ether oxygens (including phenoxy) is 1. The Morgan fingerprint density at radius 3 is 2.30 bits per heavy atom. The molecule has 20 heavy (non-hydrogen) atoms. The van der Waals surface area contributed by atoms with Gasteiger partial charge >= 0.3 is 5.97 Å². The van der Waals surface area contributed by atoms with E-state index in [1.165, 1.54) is 5.56 Å². The van der Waals surface area contributed by atoms with Crippen LogP contribution in [0.25, 0.3) is 0 Å². The predicted molar refractivity (Wildman–Crippen MR) is 80.2 cm³/mol. The summed E-state index contributed by atoms with van der Waals surface area (Å²) in [6, 6.07) is 7.66. The van der Waals surface area contributed by atoms with Gasteiger partial charge in [-0.2, -0.15) is 0 Å². The molecular weight excluding hydrogens is 254 g/mol. The van der Waals surface area contributed by atoms with Crippen LogP contribution in [0.3, 0.4) is 0 Å². The minimum absolute atomic E-state index is 0.0796. The van der Waals surface area contributed by atoms with Crippen LogP contribution >= 0.6 is 0 Å². The highest BCUT2D eigenvalue weighted by Crippen LogP contribution is 2.13. The third-order valence-corrected chi connectivity index (χ3v) is 3.42. The van der Waals surface area contributed by atoms with Gasteiger partial charge in [0.25, 0.3) is 0 Å². The Kier molecular flexibility index (Phi) is 6.52. The fourth-order valence-electron chi connectivity index (χ4n) is 2.11. The molecule has 0 saturated heterocycles. The molecule has 0 aromatic heterocycles. The van der Waals surface area contributed by atoms with Crippen LogP contribution in [0.2, 0.25) is 0 Å². The molecule has 1 aromatic rings. The molecule has 112 valence electrons. The van der Waals surface area contributed by atoms with Crippen molar-refractivity contribution >= 4 is 5.97 Å². The van der Waals surface area contributed by atoms with E-state index in [1.807, 2.05) is 45.0 Å². The van der Waals surface area contributed by atoms with E-state index >= 15 is 0 Å². The van der Waals surface area contributed by atoms with E-state index in [1.54, 1.807) is 7.11 Å². The number of aliphatic carboxylic acids is 1. The van der Waals surface area contributed by atoms with Crippen LogP contribution in [0.1, 0.15) is 32.8 Å². The van der Waals surface area contributed by atoms with Gasteiger partial charge in [0, 0.05) is 6.04 Å². The molecule has 0 amide bonds. The molecule has 0 heterocycles. The van der Waals surface area contributed by atoms with Crippen LogP contribution in [-0.2, 0) is 11.2 Å². The van der Waals surface area contributed by atoms with Gasteiger partial charge in [-0.15, -0.1) is 0 Å². The Bertz CT molecular complexity index is 414. The van der Waals surface area contributed by atoms with E-state index < -0.39 is 12.0 Å². The molecule has 0 aliphatic carbocycles. The van der Waals surface area contributed by atoms with Gasteiger partial charge in [-0.1, -0.05) is 26.0 Å². The molecule has 0 saturated carbocycles. The van der Waals surface area contributed by atoms with Crippen molar-refractivity contribution in [1.82, 2.24) is 5.32 Å². The minimum Gasteiger partial charge on any atom is -0.497 e. The fourth-order valence-corrected chi connectivity index (χ4v) is 2.11. The number of rotatable bonds is 8. The van der Waals surface area contributed by atoms with Gasteiger partial charge in [-0.25, -0.2) is 0 Å². The second-order valence-electron chi connectivity index (χ2n) is 5.51. The molecule has 2 unspecified atom stereocenters. The van der Waals surface area contributed by atoms with Crippen molar-refractivity contribution < 1.29 is 14.6 Å².